The molecule has 0 unspecified atom stereocenters. The minimum absolute atomic E-state index is 0.174. The molecule has 0 aliphatic heterocycles. The van der Waals surface area contributed by atoms with Crippen LogP contribution in [0.4, 0.5) is 0 Å². The quantitative estimate of drug-likeness (QED) is 0.635. The second-order valence-electron chi connectivity index (χ2n) is 3.79. The molecular formula is C12H15ClN2O3. The lowest BCUT2D eigenvalue weighted by atomic mass is 10.1. The van der Waals surface area contributed by atoms with Gasteiger partial charge in [-0.05, 0) is 31.0 Å². The summed E-state index contributed by atoms with van der Waals surface area (Å²) in [5.41, 5.74) is 6.32. The van der Waals surface area contributed by atoms with E-state index in [2.05, 4.69) is 10.9 Å². The van der Waals surface area contributed by atoms with E-state index in [1.54, 1.807) is 0 Å². The molecule has 0 spiro atoms. The van der Waals surface area contributed by atoms with Crippen LogP contribution in [-0.2, 0) is 9.59 Å². The normalized spacial score (nSPS) is 9.72. The van der Waals surface area contributed by atoms with Gasteiger partial charge in [0.15, 0.2) is 6.61 Å². The van der Waals surface area contributed by atoms with Crippen molar-refractivity contribution in [2.75, 3.05) is 12.5 Å². The van der Waals surface area contributed by atoms with Gasteiger partial charge < -0.3 is 4.74 Å². The van der Waals surface area contributed by atoms with Crippen molar-refractivity contribution in [3.8, 4) is 5.75 Å². The Morgan fingerprint density at radius 2 is 1.89 bits per heavy atom. The standard InChI is InChI=1S/C12H15ClN2O3/c1-8-3-4-9(2)10(5-8)18-7-12(17)15-14-11(16)6-13/h3-5H,6-7H2,1-2H3,(H,14,16)(H,15,17). The molecule has 0 saturated carbocycles. The predicted octanol–water partition coefficient (Wildman–Crippen LogP) is 1.07. The first-order valence-electron chi connectivity index (χ1n) is 5.36. The molecule has 1 aromatic carbocycles. The first kappa shape index (κ1) is 14.3. The number of alkyl halides is 1. The van der Waals surface area contributed by atoms with Crippen molar-refractivity contribution in [3.63, 3.8) is 0 Å². The van der Waals surface area contributed by atoms with Crippen LogP contribution in [0.2, 0.25) is 0 Å². The van der Waals surface area contributed by atoms with Crippen LogP contribution in [0.3, 0.4) is 0 Å². The summed E-state index contributed by atoms with van der Waals surface area (Å²) in [5, 5.41) is 0. The van der Waals surface area contributed by atoms with Gasteiger partial charge >= 0.3 is 0 Å². The van der Waals surface area contributed by atoms with Crippen molar-refractivity contribution >= 4 is 23.4 Å². The highest BCUT2D eigenvalue weighted by molar-refractivity contribution is 6.27. The maximum Gasteiger partial charge on any atom is 0.276 e. The Kier molecular flexibility index (Phi) is 5.45. The van der Waals surface area contributed by atoms with E-state index in [0.717, 1.165) is 11.1 Å². The average molecular weight is 271 g/mol. The Morgan fingerprint density at radius 1 is 1.22 bits per heavy atom. The van der Waals surface area contributed by atoms with Gasteiger partial charge in [-0.1, -0.05) is 12.1 Å². The van der Waals surface area contributed by atoms with Crippen molar-refractivity contribution in [1.82, 2.24) is 10.9 Å². The molecule has 0 atom stereocenters. The number of nitrogens with one attached hydrogen (secondary N) is 2. The number of rotatable bonds is 4. The summed E-state index contributed by atoms with van der Waals surface area (Å²) in [6.45, 7) is 3.65. The van der Waals surface area contributed by atoms with Gasteiger partial charge in [0, 0.05) is 0 Å². The van der Waals surface area contributed by atoms with E-state index in [1.807, 2.05) is 32.0 Å². The number of hydrogen-bond acceptors (Lipinski definition) is 3. The van der Waals surface area contributed by atoms with Crippen LogP contribution >= 0.6 is 11.6 Å². The number of carbonyl (C=O) groups excluding carboxylic acids is 2. The van der Waals surface area contributed by atoms with Crippen molar-refractivity contribution in [1.29, 1.82) is 0 Å². The molecule has 98 valence electrons. The van der Waals surface area contributed by atoms with Crippen LogP contribution in [0.25, 0.3) is 0 Å². The topological polar surface area (TPSA) is 67.4 Å². The van der Waals surface area contributed by atoms with Crippen LogP contribution < -0.4 is 15.6 Å². The molecule has 2 N–H and O–H groups in total. The second kappa shape index (κ2) is 6.86. The van der Waals surface area contributed by atoms with E-state index in [4.69, 9.17) is 16.3 Å². The monoisotopic (exact) mass is 270 g/mol. The number of hydrazine groups is 1. The number of ether oxygens (including phenoxy) is 1. The lowest BCUT2D eigenvalue weighted by Gasteiger charge is -2.10. The van der Waals surface area contributed by atoms with E-state index >= 15 is 0 Å². The lowest BCUT2D eigenvalue weighted by molar-refractivity contribution is -0.128. The molecular weight excluding hydrogens is 256 g/mol. The Bertz CT molecular complexity index is 449. The number of aryl methyl sites for hydroxylation is 2. The van der Waals surface area contributed by atoms with Gasteiger partial charge in [-0.25, -0.2) is 0 Å². The molecule has 1 aromatic rings. The van der Waals surface area contributed by atoms with Crippen LogP contribution in [0, 0.1) is 13.8 Å². The van der Waals surface area contributed by atoms with Crippen molar-refractivity contribution in [3.05, 3.63) is 29.3 Å². The summed E-state index contributed by atoms with van der Waals surface area (Å²) < 4.78 is 5.35. The maximum atomic E-state index is 11.3. The summed E-state index contributed by atoms with van der Waals surface area (Å²) in [4.78, 5) is 22.1. The fourth-order valence-corrected chi connectivity index (χ4v) is 1.28. The molecule has 0 saturated heterocycles. The van der Waals surface area contributed by atoms with Gasteiger partial charge in [0.05, 0.1) is 0 Å². The zero-order chi connectivity index (χ0) is 13.5. The third-order valence-electron chi connectivity index (χ3n) is 2.17. The number of hydrogen-bond donors (Lipinski definition) is 2. The van der Waals surface area contributed by atoms with Gasteiger partial charge in [-0.15, -0.1) is 11.6 Å². The van der Waals surface area contributed by atoms with E-state index in [-0.39, 0.29) is 12.5 Å². The summed E-state index contributed by atoms with van der Waals surface area (Å²) in [6, 6.07) is 5.72. The third-order valence-corrected chi connectivity index (χ3v) is 2.41. The highest BCUT2D eigenvalue weighted by Crippen LogP contribution is 2.18. The van der Waals surface area contributed by atoms with Crippen molar-refractivity contribution in [2.45, 2.75) is 13.8 Å². The molecule has 2 amide bonds. The molecule has 0 fully saturated rings. The summed E-state index contributed by atoms with van der Waals surface area (Å²) in [5.74, 6) is -0.488. The van der Waals surface area contributed by atoms with E-state index in [0.29, 0.717) is 5.75 Å². The SMILES string of the molecule is Cc1ccc(C)c(OCC(=O)NNC(=O)CCl)c1. The zero-order valence-corrected chi connectivity index (χ0v) is 11.0. The van der Waals surface area contributed by atoms with E-state index in [9.17, 15) is 9.59 Å². The van der Waals surface area contributed by atoms with Gasteiger partial charge in [0.1, 0.15) is 11.6 Å². The Morgan fingerprint density at radius 3 is 2.56 bits per heavy atom. The Labute approximate surface area is 110 Å². The smallest absolute Gasteiger partial charge is 0.276 e. The summed E-state index contributed by atoms with van der Waals surface area (Å²) in [7, 11) is 0. The minimum atomic E-state index is -0.475. The zero-order valence-electron chi connectivity index (χ0n) is 10.2. The maximum absolute atomic E-state index is 11.3. The molecule has 0 radical (unpaired) electrons. The predicted molar refractivity (Wildman–Crippen MR) is 68.4 cm³/mol. The molecule has 0 aliphatic carbocycles. The molecule has 18 heavy (non-hydrogen) atoms. The molecule has 1 rings (SSSR count). The van der Waals surface area contributed by atoms with Crippen molar-refractivity contribution < 1.29 is 14.3 Å². The van der Waals surface area contributed by atoms with E-state index in [1.165, 1.54) is 0 Å². The minimum Gasteiger partial charge on any atom is -0.483 e. The summed E-state index contributed by atoms with van der Waals surface area (Å²) in [6.07, 6.45) is 0. The summed E-state index contributed by atoms with van der Waals surface area (Å²) >= 11 is 5.25. The highest BCUT2D eigenvalue weighted by Gasteiger charge is 2.06. The van der Waals surface area contributed by atoms with Crippen LogP contribution in [0.15, 0.2) is 18.2 Å². The average Bonchev–Trinajstić information content (AvgIpc) is 2.36. The molecule has 6 heteroatoms. The highest BCUT2D eigenvalue weighted by atomic mass is 35.5. The Hall–Kier alpha value is -1.75. The molecule has 5 nitrogen and oxygen atoms in total. The number of amides is 2. The Balaban J connectivity index is 2.42. The molecule has 0 aromatic heterocycles. The second-order valence-corrected chi connectivity index (χ2v) is 4.05. The fourth-order valence-electron chi connectivity index (χ4n) is 1.22. The number of halogens is 1. The van der Waals surface area contributed by atoms with Crippen LogP contribution in [0.1, 0.15) is 11.1 Å². The van der Waals surface area contributed by atoms with Gasteiger partial charge in [0.25, 0.3) is 11.8 Å². The van der Waals surface area contributed by atoms with Crippen LogP contribution in [-0.4, -0.2) is 24.3 Å². The van der Waals surface area contributed by atoms with Gasteiger partial charge in [0.2, 0.25) is 0 Å². The lowest BCUT2D eigenvalue weighted by Crippen LogP contribution is -2.44. The molecule has 0 bridgehead atoms. The van der Waals surface area contributed by atoms with Gasteiger partial charge in [-0.2, -0.15) is 0 Å². The van der Waals surface area contributed by atoms with E-state index < -0.39 is 11.8 Å². The van der Waals surface area contributed by atoms with Crippen LogP contribution in [0.5, 0.6) is 5.75 Å². The van der Waals surface area contributed by atoms with Crippen molar-refractivity contribution in [2.24, 2.45) is 0 Å². The third kappa shape index (κ3) is 4.63. The molecule has 0 aliphatic rings. The number of carbonyl (C=O) groups is 2. The fraction of sp³-hybridized carbons (Fsp3) is 0.333. The molecule has 0 heterocycles. The number of benzene rings is 1. The first-order chi connectivity index (χ1) is 8.52. The largest absolute Gasteiger partial charge is 0.483 e. The van der Waals surface area contributed by atoms with Gasteiger partial charge in [-0.3, -0.25) is 20.4 Å². The first-order valence-corrected chi connectivity index (χ1v) is 5.90.